The molecule has 2 N–H and O–H groups in total. The summed E-state index contributed by atoms with van der Waals surface area (Å²) in [7, 11) is 0. The molecule has 0 bridgehead atoms. The lowest BCUT2D eigenvalue weighted by Crippen LogP contribution is -2.49. The second-order valence-electron chi connectivity index (χ2n) is 5.09. The average Bonchev–Trinajstić information content (AvgIpc) is 3.22. The van der Waals surface area contributed by atoms with E-state index in [9.17, 15) is 0 Å². The Morgan fingerprint density at radius 3 is 3.00 bits per heavy atom. The van der Waals surface area contributed by atoms with Gasteiger partial charge in [0.05, 0.1) is 24.4 Å². The van der Waals surface area contributed by atoms with Gasteiger partial charge in [0.15, 0.2) is 0 Å². The summed E-state index contributed by atoms with van der Waals surface area (Å²) in [6.07, 6.45) is 4.45. The normalized spacial score (nSPS) is 29.4. The van der Waals surface area contributed by atoms with Gasteiger partial charge in [0.25, 0.3) is 0 Å². The number of nitrogens with two attached hydrogens (primary N) is 1. The second kappa shape index (κ2) is 4.91. The number of hydrogen-bond acceptors (Lipinski definition) is 5. The van der Waals surface area contributed by atoms with Crippen molar-refractivity contribution in [3.63, 3.8) is 0 Å². The van der Waals surface area contributed by atoms with Gasteiger partial charge >= 0.3 is 0 Å². The highest BCUT2D eigenvalue weighted by atomic mass is 16.5. The van der Waals surface area contributed by atoms with Crippen LogP contribution in [0.3, 0.4) is 0 Å². The summed E-state index contributed by atoms with van der Waals surface area (Å²) in [4.78, 5) is 11.3. The molecule has 1 aromatic heterocycles. The van der Waals surface area contributed by atoms with Crippen LogP contribution in [-0.2, 0) is 4.74 Å². The van der Waals surface area contributed by atoms with Crippen LogP contribution in [0.1, 0.15) is 30.4 Å². The van der Waals surface area contributed by atoms with Crippen LogP contribution in [0.4, 0.5) is 0 Å². The Kier molecular flexibility index (Phi) is 3.28. The largest absolute Gasteiger partial charge is 0.374 e. The molecule has 2 atom stereocenters. The Balaban J connectivity index is 1.91. The first kappa shape index (κ1) is 12.0. The number of aromatic nitrogens is 2. The summed E-state index contributed by atoms with van der Waals surface area (Å²) in [6.45, 7) is 4.22. The van der Waals surface area contributed by atoms with E-state index in [0.717, 1.165) is 24.7 Å². The van der Waals surface area contributed by atoms with E-state index >= 15 is 0 Å². The molecular formula is C13H20N4O. The van der Waals surface area contributed by atoms with Crippen molar-refractivity contribution in [2.75, 3.05) is 19.7 Å². The number of hydrogen-bond donors (Lipinski definition) is 1. The van der Waals surface area contributed by atoms with Crippen LogP contribution in [0.15, 0.2) is 12.3 Å². The Morgan fingerprint density at radius 2 is 2.33 bits per heavy atom. The molecule has 0 radical (unpaired) electrons. The van der Waals surface area contributed by atoms with E-state index in [1.165, 1.54) is 12.8 Å². The zero-order valence-corrected chi connectivity index (χ0v) is 10.7. The van der Waals surface area contributed by atoms with Gasteiger partial charge in [0, 0.05) is 25.3 Å². The van der Waals surface area contributed by atoms with Crippen molar-refractivity contribution in [2.45, 2.75) is 38.0 Å². The van der Waals surface area contributed by atoms with E-state index in [1.54, 1.807) is 0 Å². The van der Waals surface area contributed by atoms with E-state index in [0.29, 0.717) is 12.6 Å². The van der Waals surface area contributed by atoms with Crippen LogP contribution in [0.2, 0.25) is 0 Å². The van der Waals surface area contributed by atoms with Crippen LogP contribution in [0, 0.1) is 6.92 Å². The zero-order chi connectivity index (χ0) is 12.5. The summed E-state index contributed by atoms with van der Waals surface area (Å²) < 4.78 is 5.82. The molecule has 1 aromatic rings. The lowest BCUT2D eigenvalue weighted by molar-refractivity contribution is -0.0726. The molecule has 3 rings (SSSR count). The third-order valence-corrected chi connectivity index (χ3v) is 3.74. The molecule has 1 saturated heterocycles. The molecule has 2 heterocycles. The lowest BCUT2D eigenvalue weighted by Gasteiger charge is -2.40. The summed E-state index contributed by atoms with van der Waals surface area (Å²) in [5.41, 5.74) is 6.90. The standard InChI is InChI=1S/C13H20N4O/c1-9-15-5-4-11(16-9)13-12(8-14)18-7-6-17(13)10-2-3-10/h4-5,10,12-13H,2-3,6-8,14H2,1H3. The summed E-state index contributed by atoms with van der Waals surface area (Å²) in [6, 6.07) is 2.88. The van der Waals surface area contributed by atoms with Crippen molar-refractivity contribution >= 4 is 0 Å². The number of nitrogens with zero attached hydrogens (tertiary/aromatic N) is 3. The minimum Gasteiger partial charge on any atom is -0.374 e. The minimum atomic E-state index is 0.0497. The van der Waals surface area contributed by atoms with Crippen LogP contribution < -0.4 is 5.73 Å². The number of rotatable bonds is 3. The smallest absolute Gasteiger partial charge is 0.125 e. The highest BCUT2D eigenvalue weighted by Gasteiger charge is 2.41. The maximum Gasteiger partial charge on any atom is 0.125 e. The van der Waals surface area contributed by atoms with E-state index in [4.69, 9.17) is 10.5 Å². The molecule has 2 fully saturated rings. The van der Waals surface area contributed by atoms with Gasteiger partial charge in [-0.2, -0.15) is 0 Å². The van der Waals surface area contributed by atoms with Gasteiger partial charge in [-0.1, -0.05) is 0 Å². The quantitative estimate of drug-likeness (QED) is 0.851. The maximum atomic E-state index is 5.86. The molecule has 5 heteroatoms. The van der Waals surface area contributed by atoms with Crippen LogP contribution in [0.25, 0.3) is 0 Å². The van der Waals surface area contributed by atoms with Gasteiger partial charge in [-0.25, -0.2) is 9.97 Å². The molecule has 2 aliphatic rings. The predicted molar refractivity (Wildman–Crippen MR) is 68.0 cm³/mol. The number of morpholine rings is 1. The van der Waals surface area contributed by atoms with Crippen molar-refractivity contribution in [3.8, 4) is 0 Å². The fraction of sp³-hybridized carbons (Fsp3) is 0.692. The van der Waals surface area contributed by atoms with Crippen molar-refractivity contribution < 1.29 is 4.74 Å². The van der Waals surface area contributed by atoms with Crippen LogP contribution in [0.5, 0.6) is 0 Å². The van der Waals surface area contributed by atoms with Crippen LogP contribution in [-0.4, -0.2) is 46.7 Å². The summed E-state index contributed by atoms with van der Waals surface area (Å²) in [5, 5.41) is 0. The Hall–Kier alpha value is -1.04. The van der Waals surface area contributed by atoms with E-state index in [-0.39, 0.29) is 12.1 Å². The zero-order valence-electron chi connectivity index (χ0n) is 10.7. The van der Waals surface area contributed by atoms with Gasteiger partial charge < -0.3 is 10.5 Å². The van der Waals surface area contributed by atoms with Gasteiger partial charge in [-0.15, -0.1) is 0 Å². The molecule has 0 spiro atoms. The van der Waals surface area contributed by atoms with E-state index in [2.05, 4.69) is 14.9 Å². The summed E-state index contributed by atoms with van der Waals surface area (Å²) >= 11 is 0. The van der Waals surface area contributed by atoms with E-state index in [1.807, 2.05) is 19.2 Å². The molecule has 18 heavy (non-hydrogen) atoms. The van der Waals surface area contributed by atoms with Crippen molar-refractivity contribution in [1.82, 2.24) is 14.9 Å². The molecule has 1 saturated carbocycles. The summed E-state index contributed by atoms with van der Waals surface area (Å²) in [5.74, 6) is 0.810. The maximum absolute atomic E-state index is 5.86. The Bertz CT molecular complexity index is 421. The molecule has 1 aliphatic heterocycles. The van der Waals surface area contributed by atoms with Crippen LogP contribution >= 0.6 is 0 Å². The lowest BCUT2D eigenvalue weighted by atomic mass is 10.0. The first-order valence-electron chi connectivity index (χ1n) is 6.66. The number of aryl methyl sites for hydroxylation is 1. The first-order valence-corrected chi connectivity index (χ1v) is 6.66. The molecule has 5 nitrogen and oxygen atoms in total. The minimum absolute atomic E-state index is 0.0497. The molecule has 2 unspecified atom stereocenters. The highest BCUT2D eigenvalue weighted by molar-refractivity contribution is 5.13. The topological polar surface area (TPSA) is 64.3 Å². The number of ether oxygens (including phenoxy) is 1. The van der Waals surface area contributed by atoms with Gasteiger partial charge in [0.2, 0.25) is 0 Å². The third-order valence-electron chi connectivity index (χ3n) is 3.74. The molecular weight excluding hydrogens is 228 g/mol. The fourth-order valence-electron chi connectivity index (χ4n) is 2.77. The molecule has 98 valence electrons. The predicted octanol–water partition coefficient (Wildman–Crippen LogP) is 0.648. The SMILES string of the molecule is Cc1nccc(C2C(CN)OCCN2C2CC2)n1. The molecule has 0 amide bonds. The van der Waals surface area contributed by atoms with E-state index < -0.39 is 0 Å². The monoisotopic (exact) mass is 248 g/mol. The Morgan fingerprint density at radius 1 is 1.50 bits per heavy atom. The fourth-order valence-corrected chi connectivity index (χ4v) is 2.77. The average molecular weight is 248 g/mol. The van der Waals surface area contributed by atoms with Gasteiger partial charge in [0.1, 0.15) is 5.82 Å². The van der Waals surface area contributed by atoms with Gasteiger partial charge in [-0.05, 0) is 25.8 Å². The van der Waals surface area contributed by atoms with Crippen molar-refractivity contribution in [2.24, 2.45) is 5.73 Å². The third kappa shape index (κ3) is 2.25. The molecule has 0 aromatic carbocycles. The van der Waals surface area contributed by atoms with Gasteiger partial charge in [-0.3, -0.25) is 4.90 Å². The molecule has 1 aliphatic carbocycles. The van der Waals surface area contributed by atoms with Crippen molar-refractivity contribution in [1.29, 1.82) is 0 Å². The van der Waals surface area contributed by atoms with Crippen molar-refractivity contribution in [3.05, 3.63) is 23.8 Å². The Labute approximate surface area is 107 Å². The highest BCUT2D eigenvalue weighted by Crippen LogP contribution is 2.37. The second-order valence-corrected chi connectivity index (χ2v) is 5.09. The first-order chi connectivity index (χ1) is 8.79.